The summed E-state index contributed by atoms with van der Waals surface area (Å²) in [4.78, 5) is 13.9. The lowest BCUT2D eigenvalue weighted by atomic mass is 10.1. The predicted molar refractivity (Wildman–Crippen MR) is 80.6 cm³/mol. The lowest BCUT2D eigenvalue weighted by molar-refractivity contribution is 0.0268. The van der Waals surface area contributed by atoms with Gasteiger partial charge in [0.2, 0.25) is 0 Å². The van der Waals surface area contributed by atoms with Gasteiger partial charge in [0.25, 0.3) is 0 Å². The Balaban J connectivity index is 1.72. The van der Waals surface area contributed by atoms with Crippen LogP contribution in [0.15, 0.2) is 0 Å². The van der Waals surface area contributed by atoms with Crippen LogP contribution >= 0.6 is 0 Å². The van der Waals surface area contributed by atoms with Crippen molar-refractivity contribution in [3.8, 4) is 0 Å². The molecule has 2 aliphatic rings. The molecule has 2 fully saturated rings. The maximum atomic E-state index is 12.0. The van der Waals surface area contributed by atoms with E-state index in [0.717, 1.165) is 19.0 Å². The van der Waals surface area contributed by atoms with Crippen molar-refractivity contribution < 1.29 is 9.53 Å². The summed E-state index contributed by atoms with van der Waals surface area (Å²) in [5, 5.41) is 3.72. The van der Waals surface area contributed by atoms with Crippen LogP contribution in [-0.4, -0.2) is 41.8 Å². The third-order valence-electron chi connectivity index (χ3n) is 4.15. The molecule has 0 aromatic heterocycles. The van der Waals surface area contributed by atoms with E-state index in [0.29, 0.717) is 23.9 Å². The first kappa shape index (κ1) is 15.6. The summed E-state index contributed by atoms with van der Waals surface area (Å²) in [5.41, 5.74) is -0.396. The van der Waals surface area contributed by atoms with Crippen molar-refractivity contribution in [3.05, 3.63) is 0 Å². The van der Waals surface area contributed by atoms with Crippen LogP contribution in [-0.2, 0) is 4.74 Å². The number of hydrogen-bond acceptors (Lipinski definition) is 3. The van der Waals surface area contributed by atoms with Crippen LogP contribution in [0.3, 0.4) is 0 Å². The highest BCUT2D eigenvalue weighted by Crippen LogP contribution is 2.46. The van der Waals surface area contributed by atoms with Crippen LogP contribution in [0.25, 0.3) is 0 Å². The Morgan fingerprint density at radius 1 is 1.25 bits per heavy atom. The molecule has 1 aliphatic heterocycles. The Labute approximate surface area is 123 Å². The van der Waals surface area contributed by atoms with Crippen molar-refractivity contribution in [3.63, 3.8) is 0 Å². The Morgan fingerprint density at radius 2 is 1.80 bits per heavy atom. The summed E-state index contributed by atoms with van der Waals surface area (Å²) in [6, 6.07) is 1.18. The van der Waals surface area contributed by atoms with Gasteiger partial charge in [-0.15, -0.1) is 0 Å². The van der Waals surface area contributed by atoms with E-state index in [9.17, 15) is 4.79 Å². The van der Waals surface area contributed by atoms with Crippen molar-refractivity contribution in [2.45, 2.75) is 65.6 Å². The van der Waals surface area contributed by atoms with Crippen molar-refractivity contribution in [2.24, 2.45) is 17.8 Å². The zero-order chi connectivity index (χ0) is 15.1. The molecule has 3 unspecified atom stereocenters. The van der Waals surface area contributed by atoms with Gasteiger partial charge in [0.15, 0.2) is 0 Å². The van der Waals surface area contributed by atoms with E-state index in [2.05, 4.69) is 26.1 Å². The number of fused-ring (bicyclic) bond motifs is 1. The molecule has 1 saturated heterocycles. The summed E-state index contributed by atoms with van der Waals surface area (Å²) >= 11 is 0. The normalized spacial score (nSPS) is 30.4. The molecule has 116 valence electrons. The Kier molecular flexibility index (Phi) is 4.33. The second-order valence-corrected chi connectivity index (χ2v) is 7.94. The molecule has 0 aromatic carbocycles. The summed E-state index contributed by atoms with van der Waals surface area (Å²) < 4.78 is 5.43. The predicted octanol–water partition coefficient (Wildman–Crippen LogP) is 2.88. The van der Waals surface area contributed by atoms with E-state index in [-0.39, 0.29) is 6.09 Å². The van der Waals surface area contributed by atoms with Crippen LogP contribution in [0.5, 0.6) is 0 Å². The van der Waals surface area contributed by atoms with E-state index >= 15 is 0 Å². The van der Waals surface area contributed by atoms with Crippen molar-refractivity contribution in [2.75, 3.05) is 13.1 Å². The second kappa shape index (κ2) is 5.55. The van der Waals surface area contributed by atoms with E-state index in [1.807, 2.05) is 25.7 Å². The van der Waals surface area contributed by atoms with Crippen LogP contribution in [0.4, 0.5) is 4.79 Å². The largest absolute Gasteiger partial charge is 0.444 e. The van der Waals surface area contributed by atoms with E-state index in [1.165, 1.54) is 6.42 Å². The van der Waals surface area contributed by atoms with Gasteiger partial charge in [-0.3, -0.25) is 0 Å². The smallest absolute Gasteiger partial charge is 0.410 e. The summed E-state index contributed by atoms with van der Waals surface area (Å²) in [5.74, 6) is 2.00. The molecule has 1 aliphatic carbocycles. The van der Waals surface area contributed by atoms with Gasteiger partial charge in [-0.05, 0) is 51.9 Å². The van der Waals surface area contributed by atoms with Gasteiger partial charge in [-0.2, -0.15) is 0 Å². The zero-order valence-corrected chi connectivity index (χ0v) is 13.8. The Bertz CT molecular complexity index is 350. The number of hydrogen-bond donors (Lipinski definition) is 1. The lowest BCUT2D eigenvalue weighted by Gasteiger charge is -2.26. The third kappa shape index (κ3) is 3.87. The Morgan fingerprint density at radius 3 is 2.25 bits per heavy atom. The first-order chi connectivity index (χ1) is 9.17. The van der Waals surface area contributed by atoms with Gasteiger partial charge in [0.05, 0.1) is 0 Å². The number of amides is 1. The fourth-order valence-corrected chi connectivity index (χ4v) is 3.35. The fourth-order valence-electron chi connectivity index (χ4n) is 3.35. The quantitative estimate of drug-likeness (QED) is 0.862. The van der Waals surface area contributed by atoms with E-state index < -0.39 is 5.60 Å². The number of piperidine rings is 1. The molecule has 0 aromatic rings. The minimum Gasteiger partial charge on any atom is -0.444 e. The first-order valence-electron chi connectivity index (χ1n) is 7.91. The van der Waals surface area contributed by atoms with E-state index in [1.54, 1.807) is 0 Å². The van der Waals surface area contributed by atoms with Crippen molar-refractivity contribution >= 4 is 6.09 Å². The van der Waals surface area contributed by atoms with Gasteiger partial charge in [0, 0.05) is 25.2 Å². The molecule has 2 rings (SSSR count). The number of likely N-dealkylation sites (tertiary alicyclic amines) is 1. The maximum absolute atomic E-state index is 12.0. The molecule has 1 saturated carbocycles. The van der Waals surface area contributed by atoms with Crippen LogP contribution in [0, 0.1) is 17.8 Å². The number of nitrogens with zero attached hydrogens (tertiary/aromatic N) is 1. The van der Waals surface area contributed by atoms with Crippen molar-refractivity contribution in [1.29, 1.82) is 0 Å². The highest BCUT2D eigenvalue weighted by atomic mass is 16.6. The summed E-state index contributed by atoms with van der Waals surface area (Å²) in [6.45, 7) is 14.2. The number of rotatable bonds is 4. The van der Waals surface area contributed by atoms with Gasteiger partial charge in [0.1, 0.15) is 5.60 Å². The number of ether oxygens (including phenoxy) is 1. The topological polar surface area (TPSA) is 41.6 Å². The summed E-state index contributed by atoms with van der Waals surface area (Å²) in [7, 11) is 0. The van der Waals surface area contributed by atoms with Gasteiger partial charge < -0.3 is 15.0 Å². The maximum Gasteiger partial charge on any atom is 0.410 e. The molecule has 0 bridgehead atoms. The van der Waals surface area contributed by atoms with Gasteiger partial charge in [-0.1, -0.05) is 13.8 Å². The van der Waals surface area contributed by atoms with Gasteiger partial charge >= 0.3 is 6.09 Å². The fraction of sp³-hybridized carbons (Fsp3) is 0.938. The molecule has 1 N–H and O–H groups in total. The molecule has 1 heterocycles. The van der Waals surface area contributed by atoms with Crippen LogP contribution in [0.1, 0.15) is 48.0 Å². The zero-order valence-electron chi connectivity index (χ0n) is 13.8. The molecule has 4 heteroatoms. The van der Waals surface area contributed by atoms with Crippen molar-refractivity contribution in [1.82, 2.24) is 10.2 Å². The van der Waals surface area contributed by atoms with E-state index in [4.69, 9.17) is 4.74 Å². The number of nitrogens with one attached hydrogen (secondary N) is 1. The molecule has 3 atom stereocenters. The van der Waals surface area contributed by atoms with Gasteiger partial charge in [-0.25, -0.2) is 4.79 Å². The second-order valence-electron chi connectivity index (χ2n) is 7.94. The number of carbonyl (C=O) groups excluding carboxylic acids is 1. The third-order valence-corrected chi connectivity index (χ3v) is 4.15. The molecular formula is C16H30N2O2. The standard InChI is InChI=1S/C16H30N2O2/c1-10(2)7-11(3)17-14-12-8-18(9-13(12)14)15(19)20-16(4,5)6/h10-14,17H,7-9H2,1-6H3. The molecule has 0 radical (unpaired) electrons. The SMILES string of the molecule is CC(C)CC(C)NC1C2CN(C(=O)OC(C)(C)C)CC21. The monoisotopic (exact) mass is 282 g/mol. The Hall–Kier alpha value is -0.770. The minimum atomic E-state index is -0.396. The van der Waals surface area contributed by atoms with Crippen LogP contribution in [0.2, 0.25) is 0 Å². The molecule has 20 heavy (non-hydrogen) atoms. The van der Waals surface area contributed by atoms with Crippen LogP contribution < -0.4 is 5.32 Å². The highest BCUT2D eigenvalue weighted by Gasteiger charge is 2.57. The molecule has 4 nitrogen and oxygen atoms in total. The highest BCUT2D eigenvalue weighted by molar-refractivity contribution is 5.69. The average molecular weight is 282 g/mol. The summed E-state index contributed by atoms with van der Waals surface area (Å²) in [6.07, 6.45) is 1.06. The average Bonchev–Trinajstić information content (AvgIpc) is 2.70. The minimum absolute atomic E-state index is 0.154. The molecule has 0 spiro atoms. The first-order valence-corrected chi connectivity index (χ1v) is 7.91. The molecular weight excluding hydrogens is 252 g/mol. The number of carbonyl (C=O) groups is 1. The molecule has 1 amide bonds. The lowest BCUT2D eigenvalue weighted by Crippen LogP contribution is -2.40.